The van der Waals surface area contributed by atoms with Gasteiger partial charge in [0.15, 0.2) is 8.38 Å². The summed E-state index contributed by atoms with van der Waals surface area (Å²) in [5.41, 5.74) is 0. The van der Waals surface area contributed by atoms with Crippen LogP contribution in [0.4, 0.5) is 0 Å². The number of hydrogen-bond acceptors (Lipinski definition) is 2. The second kappa shape index (κ2) is 6.47. The zero-order chi connectivity index (χ0) is 7.11. The van der Waals surface area contributed by atoms with E-state index in [1.54, 1.807) is 0 Å². The van der Waals surface area contributed by atoms with Crippen molar-refractivity contribution in [2.45, 2.75) is 20.8 Å². The summed E-state index contributed by atoms with van der Waals surface area (Å²) in [6.45, 7) is 7.59. The number of rotatable bonds is 5. The fourth-order valence-corrected chi connectivity index (χ4v) is 1.52. The van der Waals surface area contributed by atoms with Crippen LogP contribution in [0.1, 0.15) is 20.8 Å². The zero-order valence-corrected chi connectivity index (χ0v) is 7.28. The van der Waals surface area contributed by atoms with E-state index in [1.165, 1.54) is 0 Å². The van der Waals surface area contributed by atoms with Crippen molar-refractivity contribution in [3.8, 4) is 0 Å². The molecular weight excluding hydrogens is 135 g/mol. The summed E-state index contributed by atoms with van der Waals surface area (Å²) in [7, 11) is -0.559. The molecule has 3 heteroatoms. The summed E-state index contributed by atoms with van der Waals surface area (Å²) in [5, 5.41) is 0. The van der Waals surface area contributed by atoms with Crippen LogP contribution in [0.2, 0.25) is 0 Å². The molecule has 0 aliphatic carbocycles. The Balaban J connectivity index is 3.18. The molecule has 0 aromatic heterocycles. The maximum absolute atomic E-state index is 5.27. The molecule has 56 valence electrons. The van der Waals surface area contributed by atoms with Crippen molar-refractivity contribution in [1.29, 1.82) is 0 Å². The molecule has 0 heterocycles. The van der Waals surface area contributed by atoms with Gasteiger partial charge in [-0.15, -0.1) is 0 Å². The molecule has 0 bridgehead atoms. The van der Waals surface area contributed by atoms with Crippen molar-refractivity contribution in [3.05, 3.63) is 0 Å². The van der Waals surface area contributed by atoms with Gasteiger partial charge in [-0.2, -0.15) is 0 Å². The molecule has 0 radical (unpaired) electrons. The third-order valence-electron chi connectivity index (χ3n) is 0.804. The number of hydrogen-bond donors (Lipinski definition) is 0. The molecule has 0 fully saturated rings. The molecule has 0 atom stereocenters. The summed E-state index contributed by atoms with van der Waals surface area (Å²) in [4.78, 5) is 0. The third-order valence-corrected chi connectivity index (χ3v) is 2.41. The lowest BCUT2D eigenvalue weighted by atomic mass is 10.9. The van der Waals surface area contributed by atoms with Crippen LogP contribution >= 0.6 is 8.38 Å². The van der Waals surface area contributed by atoms with Crippen LogP contribution in [-0.2, 0) is 9.05 Å². The predicted octanol–water partition coefficient (Wildman–Crippen LogP) is 2.39. The summed E-state index contributed by atoms with van der Waals surface area (Å²) in [5.74, 6) is 0. The lowest BCUT2D eigenvalue weighted by Crippen LogP contribution is -1.91. The Kier molecular flexibility index (Phi) is 6.72. The Labute approximate surface area is 58.5 Å². The predicted molar refractivity (Wildman–Crippen MR) is 40.7 cm³/mol. The van der Waals surface area contributed by atoms with Crippen LogP contribution in [-0.4, -0.2) is 19.4 Å². The second-order valence-electron chi connectivity index (χ2n) is 1.48. The first-order valence-corrected chi connectivity index (χ1v) is 4.74. The van der Waals surface area contributed by atoms with E-state index in [-0.39, 0.29) is 0 Å². The van der Waals surface area contributed by atoms with Gasteiger partial charge in [0, 0.05) is 6.16 Å². The van der Waals surface area contributed by atoms with Crippen molar-refractivity contribution < 1.29 is 9.05 Å². The molecule has 0 N–H and O–H groups in total. The Morgan fingerprint density at radius 3 is 1.67 bits per heavy atom. The van der Waals surface area contributed by atoms with Crippen molar-refractivity contribution >= 4 is 8.38 Å². The standard InChI is InChI=1S/C6H15O2P/c1-4-7-9(6-3)8-5-2/h4-6H2,1-3H3. The van der Waals surface area contributed by atoms with Gasteiger partial charge in [-0.05, 0) is 13.8 Å². The van der Waals surface area contributed by atoms with Crippen LogP contribution in [0.5, 0.6) is 0 Å². The van der Waals surface area contributed by atoms with Crippen LogP contribution < -0.4 is 0 Å². The highest BCUT2D eigenvalue weighted by molar-refractivity contribution is 7.47. The van der Waals surface area contributed by atoms with E-state index in [9.17, 15) is 0 Å². The van der Waals surface area contributed by atoms with Crippen molar-refractivity contribution in [2.24, 2.45) is 0 Å². The van der Waals surface area contributed by atoms with Gasteiger partial charge in [-0.1, -0.05) is 6.92 Å². The Bertz CT molecular complexity index is 53.0. The Morgan fingerprint density at radius 2 is 1.44 bits per heavy atom. The van der Waals surface area contributed by atoms with Crippen LogP contribution in [0.15, 0.2) is 0 Å². The highest BCUT2D eigenvalue weighted by atomic mass is 31.2. The van der Waals surface area contributed by atoms with Gasteiger partial charge in [-0.3, -0.25) is 0 Å². The quantitative estimate of drug-likeness (QED) is 0.560. The molecular formula is C6H15O2P. The van der Waals surface area contributed by atoms with Gasteiger partial charge in [0.05, 0.1) is 13.2 Å². The summed E-state index contributed by atoms with van der Waals surface area (Å²) in [6.07, 6.45) is 0.997. The molecule has 0 aromatic carbocycles. The molecule has 0 amide bonds. The molecule has 9 heavy (non-hydrogen) atoms. The van der Waals surface area contributed by atoms with E-state index in [0.29, 0.717) is 0 Å². The average molecular weight is 150 g/mol. The van der Waals surface area contributed by atoms with E-state index in [4.69, 9.17) is 9.05 Å². The molecule has 0 saturated heterocycles. The van der Waals surface area contributed by atoms with Crippen LogP contribution in [0, 0.1) is 0 Å². The average Bonchev–Trinajstić information content (AvgIpc) is 1.88. The molecule has 0 aliphatic rings. The molecule has 0 aliphatic heterocycles. The lowest BCUT2D eigenvalue weighted by Gasteiger charge is -2.12. The van der Waals surface area contributed by atoms with Crippen LogP contribution in [0.25, 0.3) is 0 Å². The SMILES string of the molecule is CCOP(CC)OCC. The second-order valence-corrected chi connectivity index (χ2v) is 3.30. The van der Waals surface area contributed by atoms with Crippen molar-refractivity contribution in [2.75, 3.05) is 19.4 Å². The highest BCUT2D eigenvalue weighted by Gasteiger charge is 2.02. The minimum Gasteiger partial charge on any atom is -0.334 e. The maximum Gasteiger partial charge on any atom is 0.170 e. The normalized spacial score (nSPS) is 10.7. The van der Waals surface area contributed by atoms with E-state index < -0.39 is 8.38 Å². The van der Waals surface area contributed by atoms with Gasteiger partial charge in [-0.25, -0.2) is 0 Å². The van der Waals surface area contributed by atoms with Gasteiger partial charge in [0.1, 0.15) is 0 Å². The Morgan fingerprint density at radius 1 is 1.00 bits per heavy atom. The first-order chi connectivity index (χ1) is 4.35. The minimum atomic E-state index is -0.559. The largest absolute Gasteiger partial charge is 0.334 e. The first-order valence-electron chi connectivity index (χ1n) is 3.38. The zero-order valence-electron chi connectivity index (χ0n) is 6.39. The maximum atomic E-state index is 5.27. The molecule has 0 rings (SSSR count). The highest BCUT2D eigenvalue weighted by Crippen LogP contribution is 2.36. The van der Waals surface area contributed by atoms with Gasteiger partial charge < -0.3 is 9.05 Å². The molecule has 0 saturated carbocycles. The molecule has 2 nitrogen and oxygen atoms in total. The Hall–Kier alpha value is 0.350. The fourth-order valence-electron chi connectivity index (χ4n) is 0.508. The van der Waals surface area contributed by atoms with Gasteiger partial charge in [0.2, 0.25) is 0 Å². The van der Waals surface area contributed by atoms with Crippen molar-refractivity contribution in [1.82, 2.24) is 0 Å². The molecule has 0 unspecified atom stereocenters. The fraction of sp³-hybridized carbons (Fsp3) is 1.00. The summed E-state index contributed by atoms with van der Waals surface area (Å²) in [6, 6.07) is 0. The third kappa shape index (κ3) is 4.83. The lowest BCUT2D eigenvalue weighted by molar-refractivity contribution is 0.270. The molecule has 0 spiro atoms. The van der Waals surface area contributed by atoms with Gasteiger partial charge in [0.25, 0.3) is 0 Å². The van der Waals surface area contributed by atoms with E-state index in [2.05, 4.69) is 6.92 Å². The van der Waals surface area contributed by atoms with Gasteiger partial charge >= 0.3 is 0 Å². The van der Waals surface area contributed by atoms with Crippen LogP contribution in [0.3, 0.4) is 0 Å². The van der Waals surface area contributed by atoms with E-state index >= 15 is 0 Å². The molecule has 0 aromatic rings. The first kappa shape index (κ1) is 9.35. The van der Waals surface area contributed by atoms with Crippen molar-refractivity contribution in [3.63, 3.8) is 0 Å². The smallest absolute Gasteiger partial charge is 0.170 e. The minimum absolute atomic E-state index is 0.559. The van der Waals surface area contributed by atoms with E-state index in [0.717, 1.165) is 19.4 Å². The monoisotopic (exact) mass is 150 g/mol. The van der Waals surface area contributed by atoms with E-state index in [1.807, 2.05) is 13.8 Å². The topological polar surface area (TPSA) is 18.5 Å². The summed E-state index contributed by atoms with van der Waals surface area (Å²) < 4.78 is 10.5. The summed E-state index contributed by atoms with van der Waals surface area (Å²) >= 11 is 0.